The quantitative estimate of drug-likeness (QED) is 0.737. The first-order valence-electron chi connectivity index (χ1n) is 6.62. The van der Waals surface area contributed by atoms with E-state index in [2.05, 4.69) is 5.32 Å². The zero-order valence-corrected chi connectivity index (χ0v) is 11.4. The molecule has 0 fully saturated rings. The number of rotatable bonds is 5. The molecule has 0 spiro atoms. The standard InChI is InChI=1S/C17H17NO3/c19-12-16(14-4-2-1-3-5-14)18-17(21)11-8-13-6-9-15(20)10-7-13/h1-11,16,19-20H,12H2,(H,18,21)/b11-8+/t16-/m0/s1. The highest BCUT2D eigenvalue weighted by Gasteiger charge is 2.11. The summed E-state index contributed by atoms with van der Waals surface area (Å²) in [5, 5.41) is 21.3. The Hall–Kier alpha value is -2.59. The number of hydrogen-bond acceptors (Lipinski definition) is 3. The fraction of sp³-hybridized carbons (Fsp3) is 0.118. The zero-order chi connectivity index (χ0) is 15.1. The lowest BCUT2D eigenvalue weighted by Gasteiger charge is -2.15. The number of carbonyl (C=O) groups excluding carboxylic acids is 1. The van der Waals surface area contributed by atoms with Crippen LogP contribution < -0.4 is 5.32 Å². The van der Waals surface area contributed by atoms with Crippen LogP contribution in [0.2, 0.25) is 0 Å². The molecule has 0 aliphatic rings. The molecule has 0 bridgehead atoms. The second kappa shape index (κ2) is 7.26. The van der Waals surface area contributed by atoms with Crippen molar-refractivity contribution >= 4 is 12.0 Å². The first kappa shape index (κ1) is 14.8. The van der Waals surface area contributed by atoms with Crippen molar-refractivity contribution in [2.24, 2.45) is 0 Å². The number of phenols is 1. The van der Waals surface area contributed by atoms with E-state index in [0.717, 1.165) is 11.1 Å². The summed E-state index contributed by atoms with van der Waals surface area (Å²) in [6.07, 6.45) is 3.05. The Labute approximate surface area is 123 Å². The van der Waals surface area contributed by atoms with Crippen molar-refractivity contribution in [3.05, 3.63) is 71.8 Å². The lowest BCUT2D eigenvalue weighted by Crippen LogP contribution is -2.29. The second-order valence-corrected chi connectivity index (χ2v) is 4.58. The molecule has 21 heavy (non-hydrogen) atoms. The molecule has 0 aromatic heterocycles. The van der Waals surface area contributed by atoms with Crippen molar-refractivity contribution in [2.45, 2.75) is 6.04 Å². The van der Waals surface area contributed by atoms with Crippen LogP contribution in [-0.4, -0.2) is 22.7 Å². The van der Waals surface area contributed by atoms with E-state index in [1.54, 1.807) is 30.3 Å². The van der Waals surface area contributed by atoms with Gasteiger partial charge in [-0.05, 0) is 29.3 Å². The number of amides is 1. The van der Waals surface area contributed by atoms with E-state index in [9.17, 15) is 15.0 Å². The number of aliphatic hydroxyl groups is 1. The number of carbonyl (C=O) groups is 1. The van der Waals surface area contributed by atoms with Crippen molar-refractivity contribution in [1.29, 1.82) is 0 Å². The molecule has 0 heterocycles. The first-order chi connectivity index (χ1) is 10.2. The maximum atomic E-state index is 11.9. The zero-order valence-electron chi connectivity index (χ0n) is 11.4. The Balaban J connectivity index is 1.98. The Morgan fingerprint density at radius 2 is 1.76 bits per heavy atom. The van der Waals surface area contributed by atoms with Gasteiger partial charge in [0.25, 0.3) is 0 Å². The van der Waals surface area contributed by atoms with Gasteiger partial charge in [0, 0.05) is 6.08 Å². The lowest BCUT2D eigenvalue weighted by atomic mass is 10.1. The minimum atomic E-state index is -0.428. The van der Waals surface area contributed by atoms with Gasteiger partial charge in [-0.2, -0.15) is 0 Å². The van der Waals surface area contributed by atoms with Gasteiger partial charge in [0.1, 0.15) is 5.75 Å². The third kappa shape index (κ3) is 4.47. The number of aliphatic hydroxyl groups excluding tert-OH is 1. The van der Waals surface area contributed by atoms with Crippen LogP contribution in [0.3, 0.4) is 0 Å². The van der Waals surface area contributed by atoms with Gasteiger partial charge in [-0.15, -0.1) is 0 Å². The molecular formula is C17H17NO3. The maximum absolute atomic E-state index is 11.9. The average molecular weight is 283 g/mol. The summed E-state index contributed by atoms with van der Waals surface area (Å²) in [5.74, 6) is -0.105. The molecule has 0 saturated carbocycles. The average Bonchev–Trinajstić information content (AvgIpc) is 2.53. The Kier molecular flexibility index (Phi) is 5.12. The van der Waals surface area contributed by atoms with E-state index < -0.39 is 6.04 Å². The molecule has 2 rings (SSSR count). The summed E-state index contributed by atoms with van der Waals surface area (Å²) < 4.78 is 0. The van der Waals surface area contributed by atoms with Crippen molar-refractivity contribution < 1.29 is 15.0 Å². The topological polar surface area (TPSA) is 69.6 Å². The molecule has 108 valence electrons. The smallest absolute Gasteiger partial charge is 0.244 e. The summed E-state index contributed by atoms with van der Waals surface area (Å²) in [6, 6.07) is 15.4. The van der Waals surface area contributed by atoms with Crippen molar-refractivity contribution in [1.82, 2.24) is 5.32 Å². The summed E-state index contributed by atoms with van der Waals surface area (Å²) in [4.78, 5) is 11.9. The van der Waals surface area contributed by atoms with E-state index in [1.807, 2.05) is 30.3 Å². The molecule has 2 aromatic rings. The number of benzene rings is 2. The molecule has 2 aromatic carbocycles. The van der Waals surface area contributed by atoms with Crippen molar-refractivity contribution in [3.63, 3.8) is 0 Å². The van der Waals surface area contributed by atoms with Crippen LogP contribution in [-0.2, 0) is 4.79 Å². The summed E-state index contributed by atoms with van der Waals surface area (Å²) >= 11 is 0. The predicted octanol–water partition coefficient (Wildman–Crippen LogP) is 2.26. The maximum Gasteiger partial charge on any atom is 0.244 e. The Bertz CT molecular complexity index is 606. The van der Waals surface area contributed by atoms with Gasteiger partial charge < -0.3 is 15.5 Å². The second-order valence-electron chi connectivity index (χ2n) is 4.58. The molecule has 3 N–H and O–H groups in total. The van der Waals surface area contributed by atoms with E-state index in [1.165, 1.54) is 6.08 Å². The number of hydrogen-bond donors (Lipinski definition) is 3. The van der Waals surface area contributed by atoms with Crippen LogP contribution >= 0.6 is 0 Å². The molecule has 0 saturated heterocycles. The normalized spacial score (nSPS) is 12.2. The van der Waals surface area contributed by atoms with Crippen LogP contribution in [0.15, 0.2) is 60.7 Å². The minimum absolute atomic E-state index is 0.164. The minimum Gasteiger partial charge on any atom is -0.508 e. The van der Waals surface area contributed by atoms with Gasteiger partial charge in [-0.25, -0.2) is 0 Å². The van der Waals surface area contributed by atoms with Gasteiger partial charge in [0.15, 0.2) is 0 Å². The van der Waals surface area contributed by atoms with Gasteiger partial charge in [0.05, 0.1) is 12.6 Å². The lowest BCUT2D eigenvalue weighted by molar-refractivity contribution is -0.117. The highest BCUT2D eigenvalue weighted by atomic mass is 16.3. The van der Waals surface area contributed by atoms with E-state index >= 15 is 0 Å². The van der Waals surface area contributed by atoms with Crippen LogP contribution in [0.25, 0.3) is 6.08 Å². The molecule has 1 amide bonds. The monoisotopic (exact) mass is 283 g/mol. The molecule has 0 aliphatic heterocycles. The summed E-state index contributed by atoms with van der Waals surface area (Å²) in [6.45, 7) is -0.164. The van der Waals surface area contributed by atoms with Crippen LogP contribution in [0.4, 0.5) is 0 Å². The molecule has 4 nitrogen and oxygen atoms in total. The number of nitrogens with one attached hydrogen (secondary N) is 1. The molecule has 1 atom stereocenters. The van der Waals surface area contributed by atoms with Crippen molar-refractivity contribution in [2.75, 3.05) is 6.61 Å². The van der Waals surface area contributed by atoms with Gasteiger partial charge in [0.2, 0.25) is 5.91 Å². The molecular weight excluding hydrogens is 266 g/mol. The first-order valence-corrected chi connectivity index (χ1v) is 6.62. The molecule has 0 radical (unpaired) electrons. The molecule has 0 unspecified atom stereocenters. The molecule has 0 aliphatic carbocycles. The highest BCUT2D eigenvalue weighted by molar-refractivity contribution is 5.92. The SMILES string of the molecule is O=C(/C=C/c1ccc(O)cc1)N[C@@H](CO)c1ccccc1. The van der Waals surface area contributed by atoms with Gasteiger partial charge >= 0.3 is 0 Å². The molecule has 4 heteroatoms. The van der Waals surface area contributed by atoms with E-state index in [0.29, 0.717) is 0 Å². The highest BCUT2D eigenvalue weighted by Crippen LogP contribution is 2.12. The van der Waals surface area contributed by atoms with Gasteiger partial charge in [-0.1, -0.05) is 42.5 Å². The number of aromatic hydroxyl groups is 1. The van der Waals surface area contributed by atoms with Crippen LogP contribution in [0.1, 0.15) is 17.2 Å². The fourth-order valence-corrected chi connectivity index (χ4v) is 1.90. The third-order valence-electron chi connectivity index (χ3n) is 3.02. The largest absolute Gasteiger partial charge is 0.508 e. The number of phenolic OH excluding ortho intramolecular Hbond substituents is 1. The summed E-state index contributed by atoms with van der Waals surface area (Å²) in [5.41, 5.74) is 1.66. The predicted molar refractivity (Wildman–Crippen MR) is 81.6 cm³/mol. The summed E-state index contributed by atoms with van der Waals surface area (Å²) in [7, 11) is 0. The van der Waals surface area contributed by atoms with E-state index in [-0.39, 0.29) is 18.3 Å². The van der Waals surface area contributed by atoms with Crippen LogP contribution in [0.5, 0.6) is 5.75 Å². The fourth-order valence-electron chi connectivity index (χ4n) is 1.90. The van der Waals surface area contributed by atoms with Crippen LogP contribution in [0, 0.1) is 0 Å². The van der Waals surface area contributed by atoms with Gasteiger partial charge in [-0.3, -0.25) is 4.79 Å². The van der Waals surface area contributed by atoms with Crippen molar-refractivity contribution in [3.8, 4) is 5.75 Å². The third-order valence-corrected chi connectivity index (χ3v) is 3.02. The Morgan fingerprint density at radius 3 is 2.38 bits per heavy atom. The Morgan fingerprint density at radius 1 is 1.10 bits per heavy atom. The van der Waals surface area contributed by atoms with E-state index in [4.69, 9.17) is 0 Å².